The Morgan fingerprint density at radius 3 is 2.61 bits per heavy atom. The van der Waals surface area contributed by atoms with Gasteiger partial charge in [-0.1, -0.05) is 48.2 Å². The van der Waals surface area contributed by atoms with E-state index in [1.165, 1.54) is 12.1 Å². The fourth-order valence-electron chi connectivity index (χ4n) is 1.77. The molecule has 0 aliphatic heterocycles. The first-order valence-corrected chi connectivity index (χ1v) is 6.92. The van der Waals surface area contributed by atoms with Crippen LogP contribution in [0.5, 0.6) is 0 Å². The van der Waals surface area contributed by atoms with E-state index < -0.39 is 12.1 Å². The molecule has 0 spiro atoms. The topological polar surface area (TPSA) is 75.6 Å². The molecule has 5 heteroatoms. The third-order valence-electron chi connectivity index (χ3n) is 2.88. The van der Waals surface area contributed by atoms with Crippen molar-refractivity contribution in [1.29, 1.82) is 0 Å². The van der Waals surface area contributed by atoms with Crippen LogP contribution in [0.3, 0.4) is 0 Å². The van der Waals surface area contributed by atoms with E-state index in [4.69, 9.17) is 9.84 Å². The summed E-state index contributed by atoms with van der Waals surface area (Å²) in [5.41, 5.74) is 1.65. The molecular weight excluding hydrogens is 294 g/mol. The molecule has 0 bridgehead atoms. The van der Waals surface area contributed by atoms with Gasteiger partial charge in [-0.05, 0) is 23.8 Å². The fraction of sp³-hybridized carbons (Fsp3) is 0.111. The number of carbonyl (C=O) groups excluding carboxylic acids is 1. The van der Waals surface area contributed by atoms with Crippen LogP contribution >= 0.6 is 0 Å². The van der Waals surface area contributed by atoms with Gasteiger partial charge in [0.15, 0.2) is 0 Å². The minimum Gasteiger partial charge on any atom is -0.478 e. The molecule has 0 radical (unpaired) electrons. The predicted octanol–water partition coefficient (Wildman–Crippen LogP) is 2.66. The normalized spacial score (nSPS) is 9.39. The molecule has 0 aliphatic carbocycles. The minimum absolute atomic E-state index is 0.116. The molecule has 2 rings (SSSR count). The summed E-state index contributed by atoms with van der Waals surface area (Å²) in [4.78, 5) is 22.3. The van der Waals surface area contributed by atoms with E-state index in [-0.39, 0.29) is 18.7 Å². The lowest BCUT2D eigenvalue weighted by molar-refractivity contribution is 0.0696. The number of alkyl carbamates (subject to hydrolysis) is 1. The molecule has 0 saturated carbocycles. The van der Waals surface area contributed by atoms with Crippen LogP contribution in [-0.4, -0.2) is 23.7 Å². The second-order valence-electron chi connectivity index (χ2n) is 4.60. The highest BCUT2D eigenvalue weighted by Gasteiger charge is 2.02. The molecular formula is C18H15NO4. The second kappa shape index (κ2) is 8.25. The van der Waals surface area contributed by atoms with Gasteiger partial charge >= 0.3 is 12.1 Å². The zero-order valence-electron chi connectivity index (χ0n) is 12.3. The molecule has 116 valence electrons. The number of aromatic carboxylic acids is 1. The fourth-order valence-corrected chi connectivity index (χ4v) is 1.77. The van der Waals surface area contributed by atoms with Crippen LogP contribution in [0.15, 0.2) is 54.6 Å². The highest BCUT2D eigenvalue weighted by atomic mass is 16.5. The Labute approximate surface area is 133 Å². The number of benzene rings is 2. The smallest absolute Gasteiger partial charge is 0.408 e. The van der Waals surface area contributed by atoms with E-state index in [0.29, 0.717) is 5.56 Å². The molecule has 0 aliphatic rings. The average molecular weight is 309 g/mol. The number of rotatable bonds is 4. The lowest BCUT2D eigenvalue weighted by atomic mass is 10.1. The van der Waals surface area contributed by atoms with Gasteiger partial charge in [0.05, 0.1) is 12.1 Å². The van der Waals surface area contributed by atoms with Gasteiger partial charge in [-0.3, -0.25) is 0 Å². The molecule has 0 heterocycles. The Morgan fingerprint density at radius 2 is 1.87 bits per heavy atom. The molecule has 0 fully saturated rings. The second-order valence-corrected chi connectivity index (χ2v) is 4.60. The van der Waals surface area contributed by atoms with Crippen molar-refractivity contribution < 1.29 is 19.4 Å². The summed E-state index contributed by atoms with van der Waals surface area (Å²) in [5.74, 6) is 4.52. The van der Waals surface area contributed by atoms with Crippen LogP contribution in [0.25, 0.3) is 0 Å². The highest BCUT2D eigenvalue weighted by molar-refractivity contribution is 5.88. The SMILES string of the molecule is O=C(NCC#Cc1cccc(C(=O)O)c1)OCc1ccccc1. The largest absolute Gasteiger partial charge is 0.478 e. The summed E-state index contributed by atoms with van der Waals surface area (Å²) < 4.78 is 5.04. The Bertz CT molecular complexity index is 744. The Kier molecular flexibility index (Phi) is 5.78. The van der Waals surface area contributed by atoms with Gasteiger partial charge in [0.1, 0.15) is 6.61 Å². The number of ether oxygens (including phenoxy) is 1. The van der Waals surface area contributed by atoms with Gasteiger partial charge in [-0.2, -0.15) is 0 Å². The molecule has 5 nitrogen and oxygen atoms in total. The van der Waals surface area contributed by atoms with E-state index in [1.807, 2.05) is 30.3 Å². The van der Waals surface area contributed by atoms with Gasteiger partial charge in [-0.15, -0.1) is 0 Å². The summed E-state index contributed by atoms with van der Waals surface area (Å²) in [5, 5.41) is 11.4. The predicted molar refractivity (Wildman–Crippen MR) is 84.9 cm³/mol. The summed E-state index contributed by atoms with van der Waals surface area (Å²) >= 11 is 0. The van der Waals surface area contributed by atoms with Gasteiger partial charge in [-0.25, -0.2) is 9.59 Å². The number of carboxylic acid groups (broad SMARTS) is 1. The zero-order valence-corrected chi connectivity index (χ0v) is 12.3. The molecule has 2 aromatic rings. The van der Waals surface area contributed by atoms with E-state index in [9.17, 15) is 9.59 Å². The highest BCUT2D eigenvalue weighted by Crippen LogP contribution is 2.03. The lowest BCUT2D eigenvalue weighted by Gasteiger charge is -2.04. The summed E-state index contributed by atoms with van der Waals surface area (Å²) in [6.45, 7) is 0.311. The van der Waals surface area contributed by atoms with E-state index in [1.54, 1.807) is 12.1 Å². The molecule has 23 heavy (non-hydrogen) atoms. The van der Waals surface area contributed by atoms with Gasteiger partial charge in [0.25, 0.3) is 0 Å². The third-order valence-corrected chi connectivity index (χ3v) is 2.88. The van der Waals surface area contributed by atoms with Crippen molar-refractivity contribution in [2.24, 2.45) is 0 Å². The first kappa shape index (κ1) is 16.1. The number of nitrogens with one attached hydrogen (secondary N) is 1. The number of carboxylic acids is 1. The van der Waals surface area contributed by atoms with Crippen molar-refractivity contribution in [3.8, 4) is 11.8 Å². The van der Waals surface area contributed by atoms with Crippen molar-refractivity contribution in [2.75, 3.05) is 6.54 Å². The van der Waals surface area contributed by atoms with Gasteiger partial charge < -0.3 is 15.2 Å². The minimum atomic E-state index is -1.00. The summed E-state index contributed by atoms with van der Waals surface area (Å²) in [7, 11) is 0. The Morgan fingerprint density at radius 1 is 1.09 bits per heavy atom. The summed E-state index contributed by atoms with van der Waals surface area (Å²) in [6.07, 6.45) is -0.553. The van der Waals surface area contributed by atoms with Crippen molar-refractivity contribution in [2.45, 2.75) is 6.61 Å². The summed E-state index contributed by atoms with van der Waals surface area (Å²) in [6, 6.07) is 15.6. The molecule has 0 saturated heterocycles. The average Bonchev–Trinajstić information content (AvgIpc) is 2.58. The van der Waals surface area contributed by atoms with Gasteiger partial charge in [0, 0.05) is 5.56 Å². The Balaban J connectivity index is 1.78. The van der Waals surface area contributed by atoms with E-state index >= 15 is 0 Å². The first-order chi connectivity index (χ1) is 11.1. The quantitative estimate of drug-likeness (QED) is 0.851. The molecule has 1 amide bonds. The first-order valence-electron chi connectivity index (χ1n) is 6.92. The number of hydrogen-bond acceptors (Lipinski definition) is 3. The van der Waals surface area contributed by atoms with Crippen LogP contribution in [0.4, 0.5) is 4.79 Å². The molecule has 0 aromatic heterocycles. The monoisotopic (exact) mass is 309 g/mol. The number of hydrogen-bond donors (Lipinski definition) is 2. The molecule has 0 unspecified atom stereocenters. The third kappa shape index (κ3) is 5.56. The van der Waals surface area contributed by atoms with Crippen molar-refractivity contribution >= 4 is 12.1 Å². The van der Waals surface area contributed by atoms with E-state index in [0.717, 1.165) is 5.56 Å². The maximum Gasteiger partial charge on any atom is 0.408 e. The van der Waals surface area contributed by atoms with Crippen molar-refractivity contribution in [1.82, 2.24) is 5.32 Å². The maximum absolute atomic E-state index is 11.5. The van der Waals surface area contributed by atoms with Crippen LogP contribution in [0, 0.1) is 11.8 Å². The molecule has 2 N–H and O–H groups in total. The van der Waals surface area contributed by atoms with Crippen molar-refractivity contribution in [3.63, 3.8) is 0 Å². The van der Waals surface area contributed by atoms with Gasteiger partial charge in [0.2, 0.25) is 0 Å². The van der Waals surface area contributed by atoms with Crippen molar-refractivity contribution in [3.05, 3.63) is 71.3 Å². The molecule has 2 aromatic carbocycles. The Hall–Kier alpha value is -3.26. The number of carbonyl (C=O) groups is 2. The van der Waals surface area contributed by atoms with Crippen LogP contribution < -0.4 is 5.32 Å². The molecule has 0 atom stereocenters. The van der Waals surface area contributed by atoms with Crippen LogP contribution in [0.1, 0.15) is 21.5 Å². The number of amides is 1. The van der Waals surface area contributed by atoms with Crippen LogP contribution in [-0.2, 0) is 11.3 Å². The standard InChI is InChI=1S/C18H15NO4/c20-17(21)16-10-4-8-14(12-16)9-5-11-19-18(22)23-13-15-6-2-1-3-7-15/h1-4,6-8,10,12H,11,13H2,(H,19,22)(H,20,21). The van der Waals surface area contributed by atoms with Crippen LogP contribution in [0.2, 0.25) is 0 Å². The maximum atomic E-state index is 11.5. The lowest BCUT2D eigenvalue weighted by Crippen LogP contribution is -2.24. The van der Waals surface area contributed by atoms with E-state index in [2.05, 4.69) is 17.2 Å². The zero-order chi connectivity index (χ0) is 16.5.